The van der Waals surface area contributed by atoms with Crippen LogP contribution in [0.25, 0.3) is 5.57 Å². The van der Waals surface area contributed by atoms with Crippen LogP contribution in [0.1, 0.15) is 23.7 Å². The molecule has 1 aliphatic carbocycles. The molecule has 0 amide bonds. The van der Waals surface area contributed by atoms with Crippen LogP contribution in [0, 0.1) is 5.92 Å². The molecule has 0 spiro atoms. The number of allylic oxidation sites excluding steroid dienone is 2. The fraction of sp³-hybridized carbons (Fsp3) is 0.348. The van der Waals surface area contributed by atoms with E-state index in [2.05, 4.69) is 13.0 Å². The Balaban J connectivity index is 1.64. The molecule has 1 aromatic carbocycles. The van der Waals surface area contributed by atoms with Gasteiger partial charge in [-0.15, -0.1) is 0 Å². The van der Waals surface area contributed by atoms with Crippen LogP contribution < -0.4 is 10.5 Å². The third-order valence-electron chi connectivity index (χ3n) is 5.90. The van der Waals surface area contributed by atoms with Crippen molar-refractivity contribution in [1.82, 2.24) is 9.88 Å². The Kier molecular flexibility index (Phi) is 5.47. The van der Waals surface area contributed by atoms with Crippen LogP contribution in [0.5, 0.6) is 5.88 Å². The maximum absolute atomic E-state index is 13.1. The Morgan fingerprint density at radius 2 is 2.03 bits per heavy atom. The van der Waals surface area contributed by atoms with E-state index in [9.17, 15) is 4.39 Å². The SMILES string of the molecule is COc1nc(C2(N)C=CC=C(c3ccccc3Cl)C2C)ccc1CN1CC(F)C1. The van der Waals surface area contributed by atoms with Crippen molar-refractivity contribution in [2.24, 2.45) is 11.7 Å². The molecule has 2 N–H and O–H groups in total. The molecule has 1 fully saturated rings. The van der Waals surface area contributed by atoms with Crippen LogP contribution in [0.4, 0.5) is 4.39 Å². The van der Waals surface area contributed by atoms with Gasteiger partial charge in [-0.3, -0.25) is 4.90 Å². The van der Waals surface area contributed by atoms with Gasteiger partial charge in [0.15, 0.2) is 0 Å². The number of halogens is 2. The molecule has 2 atom stereocenters. The molecule has 4 rings (SSSR count). The molecular weight excluding hydrogens is 389 g/mol. The maximum atomic E-state index is 13.1. The number of hydrogen-bond donors (Lipinski definition) is 1. The summed E-state index contributed by atoms with van der Waals surface area (Å²) in [6.45, 7) is 3.61. The maximum Gasteiger partial charge on any atom is 0.217 e. The Morgan fingerprint density at radius 3 is 2.72 bits per heavy atom. The van der Waals surface area contributed by atoms with Crippen LogP contribution in [0.15, 0.2) is 54.6 Å². The second kappa shape index (κ2) is 7.90. The zero-order valence-corrected chi connectivity index (χ0v) is 17.4. The van der Waals surface area contributed by atoms with Crippen molar-refractivity contribution in [3.8, 4) is 5.88 Å². The second-order valence-corrected chi connectivity index (χ2v) is 8.18. The number of aromatic nitrogens is 1. The molecule has 29 heavy (non-hydrogen) atoms. The quantitative estimate of drug-likeness (QED) is 0.792. The minimum atomic E-state index is -0.796. The lowest BCUT2D eigenvalue weighted by Gasteiger charge is -2.37. The van der Waals surface area contributed by atoms with Gasteiger partial charge in [-0.05, 0) is 23.3 Å². The summed E-state index contributed by atoms with van der Waals surface area (Å²) in [5, 5.41) is 0.699. The molecule has 0 radical (unpaired) electrons. The summed E-state index contributed by atoms with van der Waals surface area (Å²) in [6, 6.07) is 11.7. The zero-order valence-electron chi connectivity index (χ0n) is 16.6. The summed E-state index contributed by atoms with van der Waals surface area (Å²) < 4.78 is 18.7. The van der Waals surface area contributed by atoms with Crippen molar-refractivity contribution in [2.75, 3.05) is 20.2 Å². The fourth-order valence-electron chi connectivity index (χ4n) is 4.07. The first-order chi connectivity index (χ1) is 13.9. The first-order valence-corrected chi connectivity index (χ1v) is 10.1. The van der Waals surface area contributed by atoms with E-state index in [0.717, 1.165) is 22.4 Å². The van der Waals surface area contributed by atoms with Gasteiger partial charge >= 0.3 is 0 Å². The van der Waals surface area contributed by atoms with Crippen LogP contribution in [0.2, 0.25) is 5.02 Å². The highest BCUT2D eigenvalue weighted by atomic mass is 35.5. The fourth-order valence-corrected chi connectivity index (χ4v) is 4.31. The normalized spacial score (nSPS) is 24.9. The van der Waals surface area contributed by atoms with Gasteiger partial charge in [0.2, 0.25) is 5.88 Å². The van der Waals surface area contributed by atoms with Gasteiger partial charge < -0.3 is 10.5 Å². The number of hydrogen-bond acceptors (Lipinski definition) is 4. The molecule has 152 valence electrons. The number of nitrogens with two attached hydrogens (primary N) is 1. The van der Waals surface area contributed by atoms with Crippen LogP contribution in [-0.2, 0) is 12.1 Å². The largest absolute Gasteiger partial charge is 0.481 e. The van der Waals surface area contributed by atoms with Crippen LogP contribution in [-0.4, -0.2) is 36.3 Å². The highest BCUT2D eigenvalue weighted by molar-refractivity contribution is 6.32. The van der Waals surface area contributed by atoms with Crippen LogP contribution in [0.3, 0.4) is 0 Å². The van der Waals surface area contributed by atoms with Crippen molar-refractivity contribution in [3.63, 3.8) is 0 Å². The number of ether oxygens (including phenoxy) is 1. The van der Waals surface area contributed by atoms with Gasteiger partial charge in [-0.25, -0.2) is 9.37 Å². The molecule has 1 aromatic heterocycles. The Morgan fingerprint density at radius 1 is 1.28 bits per heavy atom. The number of methoxy groups -OCH3 is 1. The smallest absolute Gasteiger partial charge is 0.217 e. The van der Waals surface area contributed by atoms with E-state index in [1.807, 2.05) is 53.5 Å². The first-order valence-electron chi connectivity index (χ1n) is 9.76. The molecule has 1 aliphatic heterocycles. The zero-order chi connectivity index (χ0) is 20.6. The lowest BCUT2D eigenvalue weighted by Crippen LogP contribution is -2.47. The molecular formula is C23H25ClFN3O. The van der Waals surface area contributed by atoms with Crippen molar-refractivity contribution >= 4 is 17.2 Å². The summed E-state index contributed by atoms with van der Waals surface area (Å²) in [6.07, 6.45) is 5.26. The van der Waals surface area contributed by atoms with E-state index in [4.69, 9.17) is 27.1 Å². The average Bonchev–Trinajstić information content (AvgIpc) is 2.70. The summed E-state index contributed by atoms with van der Waals surface area (Å²) in [5.74, 6) is 0.488. The van der Waals surface area contributed by atoms with Gasteiger partial charge in [0.1, 0.15) is 6.17 Å². The van der Waals surface area contributed by atoms with Gasteiger partial charge in [0.05, 0.1) is 18.3 Å². The number of pyridine rings is 1. The number of alkyl halides is 1. The van der Waals surface area contributed by atoms with Gasteiger partial charge in [0, 0.05) is 36.1 Å². The van der Waals surface area contributed by atoms with Crippen LogP contribution >= 0.6 is 11.6 Å². The van der Waals surface area contributed by atoms with E-state index in [0.29, 0.717) is 30.5 Å². The number of nitrogens with zero attached hydrogens (tertiary/aromatic N) is 2. The van der Waals surface area contributed by atoms with Crippen molar-refractivity contribution in [2.45, 2.75) is 25.2 Å². The summed E-state index contributed by atoms with van der Waals surface area (Å²) in [5.41, 5.74) is 9.79. The van der Waals surface area contributed by atoms with E-state index in [1.165, 1.54) is 0 Å². The van der Waals surface area contributed by atoms with E-state index in [1.54, 1.807) is 7.11 Å². The Labute approximate surface area is 175 Å². The Bertz CT molecular complexity index is 970. The van der Waals surface area contributed by atoms with Crippen molar-refractivity contribution < 1.29 is 9.13 Å². The van der Waals surface area contributed by atoms with Gasteiger partial charge in [0.25, 0.3) is 0 Å². The third kappa shape index (κ3) is 3.70. The number of likely N-dealkylation sites (tertiary alicyclic amines) is 1. The molecule has 0 bridgehead atoms. The van der Waals surface area contributed by atoms with E-state index in [-0.39, 0.29) is 5.92 Å². The highest BCUT2D eigenvalue weighted by Gasteiger charge is 2.38. The highest BCUT2D eigenvalue weighted by Crippen LogP contribution is 2.42. The predicted octanol–water partition coefficient (Wildman–Crippen LogP) is 4.34. The van der Waals surface area contributed by atoms with Gasteiger partial charge in [-0.2, -0.15) is 0 Å². The van der Waals surface area contributed by atoms with Crippen molar-refractivity contribution in [1.29, 1.82) is 0 Å². The Hall–Kier alpha value is -2.21. The minimum Gasteiger partial charge on any atom is -0.481 e. The predicted molar refractivity (Wildman–Crippen MR) is 115 cm³/mol. The van der Waals surface area contributed by atoms with E-state index < -0.39 is 11.7 Å². The summed E-state index contributed by atoms with van der Waals surface area (Å²) >= 11 is 6.44. The van der Waals surface area contributed by atoms with Gasteiger partial charge in [-0.1, -0.05) is 61.0 Å². The molecule has 0 saturated carbocycles. The molecule has 1 saturated heterocycles. The average molecular weight is 414 g/mol. The lowest BCUT2D eigenvalue weighted by molar-refractivity contribution is 0.0582. The standard InChI is InChI=1S/C23H25ClFN3O/c1-15-18(19-6-3-4-8-20(19)24)7-5-11-23(15,26)21-10-9-16(22(27-21)29-2)12-28-13-17(25)14-28/h3-11,15,17H,12-14,26H2,1-2H3. The summed E-state index contributed by atoms with van der Waals surface area (Å²) in [7, 11) is 1.60. The lowest BCUT2D eigenvalue weighted by atomic mass is 9.73. The molecule has 2 heterocycles. The minimum absolute atomic E-state index is 0.0434. The molecule has 4 nitrogen and oxygen atoms in total. The number of benzene rings is 1. The van der Waals surface area contributed by atoms with E-state index >= 15 is 0 Å². The molecule has 2 unspecified atom stereocenters. The first kappa shape index (κ1) is 20.1. The third-order valence-corrected chi connectivity index (χ3v) is 6.23. The molecule has 2 aromatic rings. The monoisotopic (exact) mass is 413 g/mol. The number of rotatable bonds is 5. The summed E-state index contributed by atoms with van der Waals surface area (Å²) in [4.78, 5) is 6.77. The second-order valence-electron chi connectivity index (χ2n) is 7.77. The van der Waals surface area contributed by atoms with Crippen molar-refractivity contribution in [3.05, 3.63) is 76.5 Å². The molecule has 2 aliphatic rings. The molecule has 6 heteroatoms. The topological polar surface area (TPSA) is 51.4 Å².